The monoisotopic (exact) mass is 332 g/mol. The summed E-state index contributed by atoms with van der Waals surface area (Å²) in [6.45, 7) is 2.00. The molecule has 0 spiro atoms. The Kier molecular flexibility index (Phi) is 6.31. The molecule has 1 fully saturated rings. The normalized spacial score (nSPS) is 16.6. The molecule has 1 unspecified atom stereocenters. The molecule has 1 saturated heterocycles. The first kappa shape index (κ1) is 17.9. The van der Waals surface area contributed by atoms with Gasteiger partial charge in [-0.3, -0.25) is 10.2 Å². The van der Waals surface area contributed by atoms with Crippen molar-refractivity contribution in [2.45, 2.75) is 25.3 Å². The van der Waals surface area contributed by atoms with Gasteiger partial charge in [0.05, 0.1) is 12.5 Å². The van der Waals surface area contributed by atoms with Gasteiger partial charge >= 0.3 is 5.97 Å². The highest BCUT2D eigenvalue weighted by molar-refractivity contribution is 5.95. The molecule has 130 valence electrons. The van der Waals surface area contributed by atoms with Crippen molar-refractivity contribution in [2.75, 3.05) is 24.5 Å². The van der Waals surface area contributed by atoms with Gasteiger partial charge < -0.3 is 25.9 Å². The van der Waals surface area contributed by atoms with Crippen LogP contribution in [0.2, 0.25) is 0 Å². The van der Waals surface area contributed by atoms with Crippen molar-refractivity contribution in [2.24, 2.45) is 11.7 Å². The van der Waals surface area contributed by atoms with Crippen LogP contribution < -0.4 is 16.0 Å². The van der Waals surface area contributed by atoms with Crippen molar-refractivity contribution in [1.82, 2.24) is 5.32 Å². The van der Waals surface area contributed by atoms with Gasteiger partial charge in [0, 0.05) is 30.9 Å². The lowest BCUT2D eigenvalue weighted by Gasteiger charge is -2.36. The minimum Gasteiger partial charge on any atom is -0.481 e. The molecule has 0 bridgehead atoms. The van der Waals surface area contributed by atoms with Gasteiger partial charge in [-0.15, -0.1) is 0 Å². The number of anilines is 1. The molecule has 1 aliphatic rings. The third-order valence-electron chi connectivity index (χ3n) is 4.46. The van der Waals surface area contributed by atoms with E-state index in [1.807, 2.05) is 24.3 Å². The molecule has 0 radical (unpaired) electrons. The second-order valence-electron chi connectivity index (χ2n) is 6.04. The standard InChI is InChI=1S/C17H24N4O3/c18-17(19)13-1-3-14(4-2-13)21-9-6-12(7-10-21)15(11-22)20-8-5-16(23)24/h1-4,11-12,15,20H,5-10H2,(H3,18,19)(H,23,24). The summed E-state index contributed by atoms with van der Waals surface area (Å²) < 4.78 is 0. The van der Waals surface area contributed by atoms with Gasteiger partial charge in [-0.2, -0.15) is 0 Å². The summed E-state index contributed by atoms with van der Waals surface area (Å²) >= 11 is 0. The molecule has 24 heavy (non-hydrogen) atoms. The average Bonchev–Trinajstić information content (AvgIpc) is 2.59. The van der Waals surface area contributed by atoms with E-state index in [4.69, 9.17) is 16.2 Å². The number of carboxylic acid groups (broad SMARTS) is 1. The van der Waals surface area contributed by atoms with E-state index in [-0.39, 0.29) is 24.2 Å². The maximum Gasteiger partial charge on any atom is 0.304 e. The Balaban J connectivity index is 1.86. The maximum absolute atomic E-state index is 11.3. The van der Waals surface area contributed by atoms with E-state index in [9.17, 15) is 9.59 Å². The predicted octanol–water partition coefficient (Wildman–Crippen LogP) is 0.819. The number of carboxylic acids is 1. The Labute approximate surface area is 141 Å². The van der Waals surface area contributed by atoms with Gasteiger partial charge in [0.15, 0.2) is 0 Å². The van der Waals surface area contributed by atoms with Crippen LogP contribution in [0.1, 0.15) is 24.8 Å². The summed E-state index contributed by atoms with van der Waals surface area (Å²) in [4.78, 5) is 24.1. The number of piperidine rings is 1. The first-order valence-corrected chi connectivity index (χ1v) is 8.11. The Morgan fingerprint density at radius 1 is 1.38 bits per heavy atom. The lowest BCUT2D eigenvalue weighted by atomic mass is 9.89. The Morgan fingerprint density at radius 3 is 2.50 bits per heavy atom. The number of carbonyl (C=O) groups is 2. The molecule has 7 heteroatoms. The van der Waals surface area contributed by atoms with Gasteiger partial charge in [-0.25, -0.2) is 0 Å². The Bertz CT molecular complexity index is 580. The number of aliphatic carboxylic acids is 1. The molecule has 0 saturated carbocycles. The van der Waals surface area contributed by atoms with Crippen LogP contribution in [0.15, 0.2) is 24.3 Å². The Hall–Kier alpha value is -2.41. The fourth-order valence-electron chi connectivity index (χ4n) is 3.04. The molecular formula is C17H24N4O3. The number of nitrogens with one attached hydrogen (secondary N) is 2. The van der Waals surface area contributed by atoms with Crippen molar-refractivity contribution in [3.63, 3.8) is 0 Å². The van der Waals surface area contributed by atoms with E-state index in [2.05, 4.69) is 10.2 Å². The van der Waals surface area contributed by atoms with Crippen LogP contribution in [0.5, 0.6) is 0 Å². The maximum atomic E-state index is 11.3. The summed E-state index contributed by atoms with van der Waals surface area (Å²) in [7, 11) is 0. The van der Waals surface area contributed by atoms with Crippen LogP contribution in [0, 0.1) is 11.3 Å². The van der Waals surface area contributed by atoms with Crippen LogP contribution in [0.25, 0.3) is 0 Å². The number of nitrogens with two attached hydrogens (primary N) is 1. The van der Waals surface area contributed by atoms with Gasteiger partial charge in [-0.1, -0.05) is 0 Å². The number of hydrogen-bond acceptors (Lipinski definition) is 5. The lowest BCUT2D eigenvalue weighted by Crippen LogP contribution is -2.44. The molecule has 1 aromatic carbocycles. The largest absolute Gasteiger partial charge is 0.481 e. The smallest absolute Gasteiger partial charge is 0.304 e. The lowest BCUT2D eigenvalue weighted by molar-refractivity contribution is -0.137. The molecule has 5 N–H and O–H groups in total. The molecule has 1 heterocycles. The van der Waals surface area contributed by atoms with Crippen LogP contribution in [0.4, 0.5) is 5.69 Å². The summed E-state index contributed by atoms with van der Waals surface area (Å²) in [5.41, 5.74) is 7.25. The predicted molar refractivity (Wildman–Crippen MR) is 92.5 cm³/mol. The number of nitrogens with zero attached hydrogens (tertiary/aromatic N) is 1. The molecule has 1 aromatic rings. The number of amidine groups is 1. The van der Waals surface area contributed by atoms with E-state index < -0.39 is 5.97 Å². The second kappa shape index (κ2) is 8.44. The second-order valence-corrected chi connectivity index (χ2v) is 6.04. The van der Waals surface area contributed by atoms with E-state index in [1.54, 1.807) is 0 Å². The zero-order chi connectivity index (χ0) is 17.5. The fraction of sp³-hybridized carbons (Fsp3) is 0.471. The van der Waals surface area contributed by atoms with Crippen molar-refractivity contribution in [3.8, 4) is 0 Å². The van der Waals surface area contributed by atoms with Crippen molar-refractivity contribution in [3.05, 3.63) is 29.8 Å². The fourth-order valence-corrected chi connectivity index (χ4v) is 3.04. The number of aldehydes is 1. The van der Waals surface area contributed by atoms with Crippen LogP contribution in [-0.4, -0.2) is 48.9 Å². The molecule has 0 aromatic heterocycles. The van der Waals surface area contributed by atoms with Crippen molar-refractivity contribution < 1.29 is 14.7 Å². The molecule has 1 atom stereocenters. The number of carbonyl (C=O) groups excluding carboxylic acids is 1. The summed E-state index contributed by atoms with van der Waals surface area (Å²) in [6.07, 6.45) is 2.66. The number of nitrogen functional groups attached to an aromatic ring is 1. The van der Waals surface area contributed by atoms with E-state index in [0.717, 1.165) is 37.9 Å². The molecule has 7 nitrogen and oxygen atoms in total. The van der Waals surface area contributed by atoms with Crippen LogP contribution in [-0.2, 0) is 9.59 Å². The number of hydrogen-bond donors (Lipinski definition) is 4. The number of benzene rings is 1. The topological polar surface area (TPSA) is 120 Å². The van der Waals surface area contributed by atoms with Gasteiger partial charge in [0.1, 0.15) is 12.1 Å². The minimum absolute atomic E-state index is 0.0195. The van der Waals surface area contributed by atoms with E-state index in [0.29, 0.717) is 12.1 Å². The van der Waals surface area contributed by atoms with Gasteiger partial charge in [-0.05, 0) is 43.0 Å². The molecular weight excluding hydrogens is 308 g/mol. The minimum atomic E-state index is -0.865. The molecule has 2 rings (SSSR count). The van der Waals surface area contributed by atoms with Crippen molar-refractivity contribution >= 4 is 23.8 Å². The Morgan fingerprint density at radius 2 is 2.00 bits per heavy atom. The van der Waals surface area contributed by atoms with Gasteiger partial charge in [0.2, 0.25) is 0 Å². The third kappa shape index (κ3) is 4.79. The quantitative estimate of drug-likeness (QED) is 0.318. The molecule has 0 amide bonds. The van der Waals surface area contributed by atoms with Crippen molar-refractivity contribution in [1.29, 1.82) is 5.41 Å². The van der Waals surface area contributed by atoms with Crippen LogP contribution in [0.3, 0.4) is 0 Å². The SMILES string of the molecule is N=C(N)c1ccc(N2CCC(C(C=O)NCCC(=O)O)CC2)cc1. The van der Waals surface area contributed by atoms with E-state index in [1.165, 1.54) is 0 Å². The molecule has 1 aliphatic heterocycles. The number of rotatable bonds is 8. The zero-order valence-electron chi connectivity index (χ0n) is 13.6. The first-order chi connectivity index (χ1) is 11.5. The summed E-state index contributed by atoms with van der Waals surface area (Å²) in [6, 6.07) is 7.31. The third-order valence-corrected chi connectivity index (χ3v) is 4.46. The first-order valence-electron chi connectivity index (χ1n) is 8.11. The summed E-state index contributed by atoms with van der Waals surface area (Å²) in [5.74, 6) is -0.582. The van der Waals surface area contributed by atoms with E-state index >= 15 is 0 Å². The molecule has 0 aliphatic carbocycles. The summed E-state index contributed by atoms with van der Waals surface area (Å²) in [5, 5.41) is 19.1. The zero-order valence-corrected chi connectivity index (χ0v) is 13.6. The van der Waals surface area contributed by atoms with Crippen LogP contribution >= 0.6 is 0 Å². The average molecular weight is 332 g/mol. The van der Waals surface area contributed by atoms with Gasteiger partial charge in [0.25, 0.3) is 0 Å². The highest BCUT2D eigenvalue weighted by Gasteiger charge is 2.26. The highest BCUT2D eigenvalue weighted by atomic mass is 16.4. The highest BCUT2D eigenvalue weighted by Crippen LogP contribution is 2.25.